The van der Waals surface area contributed by atoms with E-state index in [9.17, 15) is 9.59 Å². The summed E-state index contributed by atoms with van der Waals surface area (Å²) in [5.74, 6) is 0.840. The number of para-hydroxylation sites is 1. The molecule has 0 atom stereocenters. The predicted octanol–water partition coefficient (Wildman–Crippen LogP) is 1.95. The maximum absolute atomic E-state index is 11.9. The molecule has 1 fully saturated rings. The smallest absolute Gasteiger partial charge is 0.258 e. The van der Waals surface area contributed by atoms with E-state index in [1.165, 1.54) is 0 Å². The predicted molar refractivity (Wildman–Crippen MR) is 74.4 cm³/mol. The van der Waals surface area contributed by atoms with Crippen LogP contribution < -0.4 is 5.56 Å². The van der Waals surface area contributed by atoms with Gasteiger partial charge in [-0.15, -0.1) is 0 Å². The van der Waals surface area contributed by atoms with Crippen molar-refractivity contribution in [1.29, 1.82) is 0 Å². The molecular formula is C15H16N2O3. The topological polar surface area (TPSA) is 72.0 Å². The Hall–Kier alpha value is -2.01. The van der Waals surface area contributed by atoms with Crippen molar-refractivity contribution >= 4 is 16.7 Å². The number of aromatic nitrogens is 2. The maximum atomic E-state index is 11.9. The Morgan fingerprint density at radius 3 is 2.75 bits per heavy atom. The van der Waals surface area contributed by atoms with Crippen molar-refractivity contribution in [1.82, 2.24) is 9.97 Å². The number of H-pyrrole nitrogens is 1. The number of aromatic amines is 1. The molecule has 1 heterocycles. The van der Waals surface area contributed by atoms with Gasteiger partial charge < -0.3 is 9.72 Å². The number of fused-ring (bicyclic) bond motifs is 1. The number of ether oxygens (including phenoxy) is 1. The second kappa shape index (κ2) is 5.54. The first-order valence-electron chi connectivity index (χ1n) is 6.83. The van der Waals surface area contributed by atoms with Crippen LogP contribution in [0.5, 0.6) is 0 Å². The first-order chi connectivity index (χ1) is 9.72. The fourth-order valence-corrected chi connectivity index (χ4v) is 2.48. The zero-order chi connectivity index (χ0) is 13.9. The van der Waals surface area contributed by atoms with Crippen LogP contribution in [0.4, 0.5) is 0 Å². The van der Waals surface area contributed by atoms with Gasteiger partial charge in [0.2, 0.25) is 0 Å². The fourth-order valence-electron chi connectivity index (χ4n) is 2.48. The molecule has 20 heavy (non-hydrogen) atoms. The lowest BCUT2D eigenvalue weighted by atomic mass is 9.96. The molecule has 104 valence electrons. The highest BCUT2D eigenvalue weighted by molar-refractivity contribution is 5.79. The summed E-state index contributed by atoms with van der Waals surface area (Å²) in [6.45, 7) is 0.277. The summed E-state index contributed by atoms with van der Waals surface area (Å²) in [6.07, 6.45) is 2.79. The highest BCUT2D eigenvalue weighted by Gasteiger charge is 2.19. The highest BCUT2D eigenvalue weighted by Crippen LogP contribution is 2.18. The number of ketones is 1. The van der Waals surface area contributed by atoms with Crippen LogP contribution in [0, 0.1) is 0 Å². The summed E-state index contributed by atoms with van der Waals surface area (Å²) in [4.78, 5) is 30.2. The number of hydrogen-bond donors (Lipinski definition) is 1. The zero-order valence-electron chi connectivity index (χ0n) is 11.1. The minimum Gasteiger partial charge on any atom is -0.370 e. The van der Waals surface area contributed by atoms with E-state index in [0.29, 0.717) is 35.4 Å². The SMILES string of the molecule is O=C1CCC(OCc2nc3ccccc3c(=O)[nH]2)CC1. The molecule has 5 heteroatoms. The minimum absolute atomic E-state index is 0.0875. The van der Waals surface area contributed by atoms with Crippen molar-refractivity contribution in [3.63, 3.8) is 0 Å². The van der Waals surface area contributed by atoms with Crippen molar-refractivity contribution in [2.75, 3.05) is 0 Å². The first-order valence-corrected chi connectivity index (χ1v) is 6.83. The van der Waals surface area contributed by atoms with Crippen molar-refractivity contribution in [2.45, 2.75) is 38.4 Å². The largest absolute Gasteiger partial charge is 0.370 e. The van der Waals surface area contributed by atoms with E-state index in [-0.39, 0.29) is 18.3 Å². The molecular weight excluding hydrogens is 256 g/mol. The highest BCUT2D eigenvalue weighted by atomic mass is 16.5. The third-order valence-electron chi connectivity index (χ3n) is 3.61. The minimum atomic E-state index is -0.145. The van der Waals surface area contributed by atoms with E-state index in [1.807, 2.05) is 18.2 Å². The Morgan fingerprint density at radius 2 is 1.95 bits per heavy atom. The van der Waals surface area contributed by atoms with Crippen LogP contribution in [0.15, 0.2) is 29.1 Å². The van der Waals surface area contributed by atoms with Crippen molar-refractivity contribution in [2.24, 2.45) is 0 Å². The number of rotatable bonds is 3. The summed E-state index contributed by atoms with van der Waals surface area (Å²) in [5.41, 5.74) is 0.529. The van der Waals surface area contributed by atoms with E-state index in [2.05, 4.69) is 9.97 Å². The summed E-state index contributed by atoms with van der Waals surface area (Å²) in [6, 6.07) is 7.23. The summed E-state index contributed by atoms with van der Waals surface area (Å²) in [5, 5.41) is 0.583. The average molecular weight is 272 g/mol. The number of carbonyl (C=O) groups excluding carboxylic acids is 1. The van der Waals surface area contributed by atoms with Gasteiger partial charge in [-0.05, 0) is 25.0 Å². The molecule has 1 N–H and O–H groups in total. The second-order valence-corrected chi connectivity index (χ2v) is 5.08. The third kappa shape index (κ3) is 2.77. The van der Waals surface area contributed by atoms with Gasteiger partial charge in [-0.3, -0.25) is 9.59 Å². The van der Waals surface area contributed by atoms with E-state index in [0.717, 1.165) is 12.8 Å². The Bertz CT molecular complexity index is 683. The molecule has 0 aliphatic heterocycles. The van der Waals surface area contributed by atoms with Gasteiger partial charge in [0.15, 0.2) is 0 Å². The maximum Gasteiger partial charge on any atom is 0.258 e. The molecule has 3 rings (SSSR count). The number of carbonyl (C=O) groups is 1. The Labute approximate surface area is 116 Å². The normalized spacial score (nSPS) is 16.7. The molecule has 0 radical (unpaired) electrons. The van der Waals surface area contributed by atoms with Gasteiger partial charge >= 0.3 is 0 Å². The van der Waals surface area contributed by atoms with Crippen LogP contribution in [-0.4, -0.2) is 21.9 Å². The number of Topliss-reactive ketones (excluding diaryl/α,β-unsaturated/α-hetero) is 1. The van der Waals surface area contributed by atoms with Gasteiger partial charge in [0.25, 0.3) is 5.56 Å². The molecule has 1 aliphatic rings. The molecule has 1 aromatic heterocycles. The molecule has 0 amide bonds. The van der Waals surface area contributed by atoms with E-state index in [4.69, 9.17) is 4.74 Å². The molecule has 5 nitrogen and oxygen atoms in total. The molecule has 0 saturated heterocycles. The number of hydrogen-bond acceptors (Lipinski definition) is 4. The summed E-state index contributed by atoms with van der Waals surface area (Å²) < 4.78 is 5.74. The molecule has 1 saturated carbocycles. The molecule has 2 aromatic rings. The summed E-state index contributed by atoms with van der Waals surface area (Å²) in [7, 11) is 0. The van der Waals surface area contributed by atoms with Gasteiger partial charge in [0, 0.05) is 12.8 Å². The van der Waals surface area contributed by atoms with Gasteiger partial charge in [-0.1, -0.05) is 12.1 Å². The van der Waals surface area contributed by atoms with Crippen LogP contribution in [0.1, 0.15) is 31.5 Å². The molecule has 0 spiro atoms. The molecule has 1 aliphatic carbocycles. The van der Waals surface area contributed by atoms with Gasteiger partial charge in [-0.25, -0.2) is 4.98 Å². The monoisotopic (exact) mass is 272 g/mol. The van der Waals surface area contributed by atoms with Crippen molar-refractivity contribution in [3.8, 4) is 0 Å². The summed E-state index contributed by atoms with van der Waals surface area (Å²) >= 11 is 0. The van der Waals surface area contributed by atoms with Crippen molar-refractivity contribution < 1.29 is 9.53 Å². The second-order valence-electron chi connectivity index (χ2n) is 5.08. The van der Waals surface area contributed by atoms with Crippen LogP contribution in [0.2, 0.25) is 0 Å². The standard InChI is InChI=1S/C15H16N2O3/c18-10-5-7-11(8-6-10)20-9-14-16-13-4-2-1-3-12(13)15(19)17-14/h1-4,11H,5-9H2,(H,16,17,19). The number of benzene rings is 1. The van der Waals surface area contributed by atoms with Crippen LogP contribution in [-0.2, 0) is 16.1 Å². The number of nitrogens with one attached hydrogen (secondary N) is 1. The van der Waals surface area contributed by atoms with Crippen molar-refractivity contribution in [3.05, 3.63) is 40.4 Å². The fraction of sp³-hybridized carbons (Fsp3) is 0.400. The van der Waals surface area contributed by atoms with Crippen LogP contribution in [0.25, 0.3) is 10.9 Å². The molecule has 0 unspecified atom stereocenters. The number of nitrogens with zero attached hydrogens (tertiary/aromatic N) is 1. The van der Waals surface area contributed by atoms with Crippen LogP contribution in [0.3, 0.4) is 0 Å². The lowest BCUT2D eigenvalue weighted by Crippen LogP contribution is -2.22. The van der Waals surface area contributed by atoms with E-state index >= 15 is 0 Å². The average Bonchev–Trinajstić information content (AvgIpc) is 2.47. The van der Waals surface area contributed by atoms with E-state index in [1.54, 1.807) is 6.07 Å². The van der Waals surface area contributed by atoms with Gasteiger partial charge in [0.1, 0.15) is 18.2 Å². The third-order valence-corrected chi connectivity index (χ3v) is 3.61. The Morgan fingerprint density at radius 1 is 1.20 bits per heavy atom. The Kier molecular flexibility index (Phi) is 3.60. The molecule has 1 aromatic carbocycles. The van der Waals surface area contributed by atoms with Gasteiger partial charge in [-0.2, -0.15) is 0 Å². The Balaban J connectivity index is 1.71. The molecule has 0 bridgehead atoms. The van der Waals surface area contributed by atoms with Gasteiger partial charge in [0.05, 0.1) is 17.0 Å². The lowest BCUT2D eigenvalue weighted by molar-refractivity contribution is -0.123. The zero-order valence-corrected chi connectivity index (χ0v) is 11.1. The lowest BCUT2D eigenvalue weighted by Gasteiger charge is -2.21. The van der Waals surface area contributed by atoms with Crippen LogP contribution >= 0.6 is 0 Å². The quantitative estimate of drug-likeness (QED) is 0.927. The van der Waals surface area contributed by atoms with E-state index < -0.39 is 0 Å². The first kappa shape index (κ1) is 13.0.